The third-order valence-electron chi connectivity index (χ3n) is 0. The van der Waals surface area contributed by atoms with E-state index in [9.17, 15) is 0 Å². The molecule has 13 nitrogen and oxygen atoms in total. The van der Waals surface area contributed by atoms with Gasteiger partial charge < -0.3 is 32.8 Å². The van der Waals surface area contributed by atoms with E-state index in [4.69, 9.17) is 52.6 Å². The van der Waals surface area contributed by atoms with Crippen molar-refractivity contribution in [1.29, 1.82) is 0 Å². The molecule has 0 rings (SSSR count). The predicted molar refractivity (Wildman–Crippen MR) is 35.0 cm³/mol. The average Bonchev–Trinajstić information content (AvgIpc) is 1.41. The molecule has 0 aromatic heterocycles. The van der Waals surface area contributed by atoms with Gasteiger partial charge in [0.15, 0.2) is 0 Å². The molecule has 109 valence electrons. The summed E-state index contributed by atoms with van der Waals surface area (Å²) in [6.45, 7) is 0. The van der Waals surface area contributed by atoms with Crippen molar-refractivity contribution in [3.63, 3.8) is 0 Å². The van der Waals surface area contributed by atoms with Gasteiger partial charge in [-0.15, -0.1) is 0 Å². The monoisotopic (exact) mass is 501 g/mol. The van der Waals surface area contributed by atoms with Crippen LogP contribution in [0.5, 0.6) is 0 Å². The Morgan fingerprint density at radius 1 is 0.500 bits per heavy atom. The van der Waals surface area contributed by atoms with E-state index in [-0.39, 0.29) is 64.3 Å². The Labute approximate surface area is 146 Å². The fraction of sp³-hybridized carbons (Fsp3) is 0. The molecule has 1 radical (unpaired) electrons. The van der Waals surface area contributed by atoms with E-state index in [0.29, 0.717) is 0 Å². The van der Waals surface area contributed by atoms with Gasteiger partial charge >= 0.3 is 58.8 Å². The van der Waals surface area contributed by atoms with E-state index in [1.54, 1.807) is 0 Å². The number of rotatable bonds is 0. The molecule has 0 atom stereocenters. The van der Waals surface area contributed by atoms with Gasteiger partial charge in [-0.05, 0) is 0 Å². The van der Waals surface area contributed by atoms with Gasteiger partial charge in [-0.2, -0.15) is 0 Å². The maximum Gasteiger partial charge on any atom is 3.00 e. The van der Waals surface area contributed by atoms with Crippen molar-refractivity contribution in [2.24, 2.45) is 0 Å². The molecule has 0 spiro atoms. The minimum absolute atomic E-state index is 0. The summed E-state index contributed by atoms with van der Waals surface area (Å²) in [5.74, 6) is 0. The Morgan fingerprint density at radius 3 is 0.500 bits per heavy atom. The zero-order valence-electron chi connectivity index (χ0n) is 7.50. The van der Waals surface area contributed by atoms with Crippen LogP contribution in [0, 0.1) is 41.7 Å². The zero-order valence-corrected chi connectivity index (χ0v) is 14.3. The quantitative estimate of drug-likeness (QED) is 0.172. The number of hydrogen-bond acceptors (Lipinski definition) is 12. The molecule has 0 saturated carbocycles. The van der Waals surface area contributed by atoms with Crippen molar-refractivity contribution in [1.82, 2.24) is 0 Å². The minimum atomic E-state index is -5.17. The molecular formula is H2CeMnO13S3. The second-order valence-corrected chi connectivity index (χ2v) is 3.67. The van der Waals surface area contributed by atoms with Crippen LogP contribution in [0.3, 0.4) is 0 Å². The van der Waals surface area contributed by atoms with Gasteiger partial charge in [-0.1, -0.05) is 0 Å². The summed E-state index contributed by atoms with van der Waals surface area (Å²) in [5, 5.41) is 0. The summed E-state index contributed by atoms with van der Waals surface area (Å²) in [4.78, 5) is 0. The van der Waals surface area contributed by atoms with Crippen molar-refractivity contribution in [3.8, 4) is 0 Å². The van der Waals surface area contributed by atoms with Crippen LogP contribution in [-0.4, -0.2) is 58.0 Å². The normalized spacial score (nSPS) is 9.67. The molecule has 0 heterocycles. The SMILES string of the molecule is O.O=S(=O)([O-])[O-].O=S(=O)([O-])[O-].O=S(=O)([O-])[O-].[Ce+3].[Mn+3]. The van der Waals surface area contributed by atoms with Gasteiger partial charge in [0.05, 0.1) is 0 Å². The first-order chi connectivity index (χ1) is 6.00. The minimum Gasteiger partial charge on any atom is -0.759 e. The predicted octanol–water partition coefficient (Wildman–Crippen LogP) is -4.84. The largest absolute Gasteiger partial charge is 3.00 e. The van der Waals surface area contributed by atoms with E-state index in [0.717, 1.165) is 0 Å². The topological polar surface area (TPSA) is 272 Å². The Kier molecular flexibility index (Phi) is 30.2. The van der Waals surface area contributed by atoms with Crippen LogP contribution in [0.2, 0.25) is 0 Å². The summed E-state index contributed by atoms with van der Waals surface area (Å²) in [6.07, 6.45) is 0. The molecule has 0 aromatic rings. The zero-order chi connectivity index (χ0) is 13.5. The summed E-state index contributed by atoms with van der Waals surface area (Å²) in [5.41, 5.74) is 0. The van der Waals surface area contributed by atoms with Gasteiger partial charge in [0.25, 0.3) is 0 Å². The Morgan fingerprint density at radius 2 is 0.500 bits per heavy atom. The standard InChI is InChI=1S/Ce.Mn.3H2O4S.H2O/c;;3*1-5(2,3)4;/h;;3*(H2,1,2,3,4);1H2/q2*+3;;;;/p-6. The molecule has 0 aliphatic heterocycles. The van der Waals surface area contributed by atoms with Crippen LogP contribution >= 0.6 is 0 Å². The van der Waals surface area contributed by atoms with Gasteiger partial charge in [-0.3, -0.25) is 25.3 Å². The maximum atomic E-state index is 8.52. The molecule has 0 saturated heterocycles. The molecule has 0 fully saturated rings. The molecule has 2 N–H and O–H groups in total. The summed E-state index contributed by atoms with van der Waals surface area (Å²) >= 11 is 0. The molecule has 18 heavy (non-hydrogen) atoms. The average molecular weight is 501 g/mol. The van der Waals surface area contributed by atoms with Crippen LogP contribution in [-0.2, 0) is 48.3 Å². The molecular weight excluding hydrogens is 499 g/mol. The second kappa shape index (κ2) is 14.9. The van der Waals surface area contributed by atoms with E-state index in [1.807, 2.05) is 0 Å². The third-order valence-corrected chi connectivity index (χ3v) is 0. The molecule has 0 aliphatic rings. The fourth-order valence-electron chi connectivity index (χ4n) is 0. The van der Waals surface area contributed by atoms with Crippen LogP contribution in [0.25, 0.3) is 0 Å². The van der Waals surface area contributed by atoms with Crippen LogP contribution in [0.4, 0.5) is 0 Å². The van der Waals surface area contributed by atoms with Gasteiger partial charge in [-0.25, -0.2) is 0 Å². The van der Waals surface area contributed by atoms with Crippen molar-refractivity contribution in [3.05, 3.63) is 0 Å². The van der Waals surface area contributed by atoms with Crippen LogP contribution in [0.15, 0.2) is 0 Å². The van der Waals surface area contributed by atoms with Crippen molar-refractivity contribution in [2.75, 3.05) is 0 Å². The summed E-state index contributed by atoms with van der Waals surface area (Å²) in [7, 11) is -15.5. The van der Waals surface area contributed by atoms with E-state index in [1.165, 1.54) is 0 Å². The van der Waals surface area contributed by atoms with Gasteiger partial charge in [0.2, 0.25) is 0 Å². The molecule has 0 amide bonds. The van der Waals surface area contributed by atoms with Crippen LogP contribution in [0.1, 0.15) is 0 Å². The van der Waals surface area contributed by atoms with Gasteiger partial charge in [0.1, 0.15) is 0 Å². The summed E-state index contributed by atoms with van der Waals surface area (Å²) in [6, 6.07) is 0. The van der Waals surface area contributed by atoms with Crippen molar-refractivity contribution in [2.45, 2.75) is 0 Å². The Bertz CT molecular complexity index is 343. The fourth-order valence-corrected chi connectivity index (χ4v) is 0. The first kappa shape index (κ1) is 36.6. The summed E-state index contributed by atoms with van der Waals surface area (Å²) < 4.78 is 102. The van der Waals surface area contributed by atoms with E-state index in [2.05, 4.69) is 0 Å². The van der Waals surface area contributed by atoms with Gasteiger partial charge in [0, 0.05) is 31.2 Å². The smallest absolute Gasteiger partial charge is 0.759 e. The molecule has 0 aliphatic carbocycles. The molecule has 0 unspecified atom stereocenters. The third kappa shape index (κ3) is 2200. The first-order valence-corrected chi connectivity index (χ1v) is 6.00. The second-order valence-electron chi connectivity index (χ2n) is 1.22. The first-order valence-electron chi connectivity index (χ1n) is 2.00. The Hall–Kier alpha value is 1.47. The van der Waals surface area contributed by atoms with Crippen molar-refractivity contribution >= 4 is 31.2 Å². The maximum absolute atomic E-state index is 8.52. The molecule has 0 aromatic carbocycles. The van der Waals surface area contributed by atoms with Crippen LogP contribution < -0.4 is 0 Å². The molecule has 0 bridgehead atoms. The van der Waals surface area contributed by atoms with Crippen molar-refractivity contribution < 1.29 is 117 Å². The number of hydrogen-bond donors (Lipinski definition) is 0. The van der Waals surface area contributed by atoms with E-state index >= 15 is 0 Å². The Balaban J connectivity index is -0.0000000277. The molecule has 18 heteroatoms. The van der Waals surface area contributed by atoms with E-state index < -0.39 is 31.2 Å².